The van der Waals surface area contributed by atoms with Crippen LogP contribution in [0.3, 0.4) is 0 Å². The normalized spacial score (nSPS) is 11.3. The largest absolute Gasteiger partial charge is 0.383 e. The Morgan fingerprint density at radius 2 is 1.93 bits per heavy atom. The average Bonchev–Trinajstić information content (AvgIpc) is 2.19. The summed E-state index contributed by atoms with van der Waals surface area (Å²) >= 11 is 5.77. The molecule has 0 saturated carbocycles. The molecule has 0 atom stereocenters. The van der Waals surface area contributed by atoms with Gasteiger partial charge in [0.15, 0.2) is 0 Å². The summed E-state index contributed by atoms with van der Waals surface area (Å²) in [4.78, 5) is 12.7. The first-order valence-corrected chi connectivity index (χ1v) is 5.06. The summed E-state index contributed by atoms with van der Waals surface area (Å²) in [6.07, 6.45) is 3.34. The van der Waals surface area contributed by atoms with Crippen LogP contribution in [0.2, 0.25) is 5.02 Å². The number of carbonyl (C=O) groups excluding carboxylic acids is 1. The Morgan fingerprint density at radius 3 is 2.40 bits per heavy atom. The summed E-state index contributed by atoms with van der Waals surface area (Å²) < 4.78 is 0. The van der Waals surface area contributed by atoms with Crippen molar-refractivity contribution in [2.75, 3.05) is 14.1 Å². The van der Waals surface area contributed by atoms with Gasteiger partial charge in [0, 0.05) is 37.3 Å². The number of nitrogens with zero attached hydrogens (tertiary/aromatic N) is 1. The Bertz CT molecular complexity index is 354. The third kappa shape index (κ3) is 4.17. The maximum atomic E-state index is 10.8. The second-order valence-electron chi connectivity index (χ2n) is 3.59. The molecule has 0 saturated heterocycles. The van der Waals surface area contributed by atoms with Gasteiger partial charge in [0.25, 0.3) is 0 Å². The highest BCUT2D eigenvalue weighted by atomic mass is 35.5. The number of carbonyl (C=O) groups is 1. The number of rotatable bonds is 4. The molecule has 0 heterocycles. The summed E-state index contributed by atoms with van der Waals surface area (Å²) in [7, 11) is 3.79. The molecular formula is C12H14ClNO. The van der Waals surface area contributed by atoms with Crippen molar-refractivity contribution in [2.24, 2.45) is 0 Å². The van der Waals surface area contributed by atoms with Gasteiger partial charge in [-0.1, -0.05) is 23.7 Å². The van der Waals surface area contributed by atoms with E-state index in [-0.39, 0.29) is 0 Å². The smallest absolute Gasteiger partial charge is 0.147 e. The van der Waals surface area contributed by atoms with E-state index in [1.165, 1.54) is 0 Å². The maximum absolute atomic E-state index is 10.8. The lowest BCUT2D eigenvalue weighted by Gasteiger charge is -2.07. The lowest BCUT2D eigenvalue weighted by molar-refractivity contribution is -0.105. The van der Waals surface area contributed by atoms with E-state index in [0.29, 0.717) is 11.4 Å². The van der Waals surface area contributed by atoms with Gasteiger partial charge in [0.2, 0.25) is 0 Å². The number of halogens is 1. The first kappa shape index (κ1) is 11.8. The number of benzene rings is 1. The summed E-state index contributed by atoms with van der Waals surface area (Å²) in [5.41, 5.74) is 1.84. The predicted molar refractivity (Wildman–Crippen MR) is 63.0 cm³/mol. The molecule has 0 aromatic heterocycles. The molecule has 0 aliphatic heterocycles. The zero-order valence-electron chi connectivity index (χ0n) is 8.90. The molecule has 0 unspecified atom stereocenters. The molecule has 0 aliphatic rings. The first-order valence-electron chi connectivity index (χ1n) is 4.68. The highest BCUT2D eigenvalue weighted by molar-refractivity contribution is 6.30. The molecule has 0 amide bonds. The highest BCUT2D eigenvalue weighted by Crippen LogP contribution is 2.12. The molecule has 0 bridgehead atoms. The molecule has 0 spiro atoms. The van der Waals surface area contributed by atoms with E-state index in [1.807, 2.05) is 49.5 Å². The lowest BCUT2D eigenvalue weighted by Crippen LogP contribution is -2.05. The van der Waals surface area contributed by atoms with E-state index in [1.54, 1.807) is 0 Å². The van der Waals surface area contributed by atoms with Crippen molar-refractivity contribution in [1.29, 1.82) is 0 Å². The minimum Gasteiger partial charge on any atom is -0.383 e. The van der Waals surface area contributed by atoms with Gasteiger partial charge in [-0.05, 0) is 17.7 Å². The second-order valence-corrected chi connectivity index (χ2v) is 4.03. The van der Waals surface area contributed by atoms with Gasteiger partial charge in [0.05, 0.1) is 0 Å². The van der Waals surface area contributed by atoms with Crippen LogP contribution in [0.4, 0.5) is 0 Å². The molecule has 3 heteroatoms. The highest BCUT2D eigenvalue weighted by Gasteiger charge is 1.99. The molecular weight excluding hydrogens is 210 g/mol. The van der Waals surface area contributed by atoms with Crippen molar-refractivity contribution >= 4 is 17.9 Å². The Kier molecular flexibility index (Phi) is 4.37. The van der Waals surface area contributed by atoms with Crippen LogP contribution in [0, 0.1) is 0 Å². The molecule has 15 heavy (non-hydrogen) atoms. The van der Waals surface area contributed by atoms with E-state index in [0.717, 1.165) is 17.4 Å². The Morgan fingerprint density at radius 1 is 1.33 bits per heavy atom. The van der Waals surface area contributed by atoms with Crippen LogP contribution in [0.1, 0.15) is 5.56 Å². The number of aldehydes is 1. The zero-order chi connectivity index (χ0) is 11.3. The van der Waals surface area contributed by atoms with Crippen LogP contribution >= 0.6 is 11.6 Å². The number of allylic oxidation sites excluding steroid dienone is 1. The van der Waals surface area contributed by atoms with Crippen molar-refractivity contribution in [3.8, 4) is 0 Å². The van der Waals surface area contributed by atoms with E-state index < -0.39 is 0 Å². The Balaban J connectivity index is 2.75. The fraction of sp³-hybridized carbons (Fsp3) is 0.250. The second kappa shape index (κ2) is 5.56. The van der Waals surface area contributed by atoms with Gasteiger partial charge in [0.1, 0.15) is 6.29 Å². The van der Waals surface area contributed by atoms with Gasteiger partial charge in [-0.25, -0.2) is 0 Å². The van der Waals surface area contributed by atoms with E-state index in [9.17, 15) is 4.79 Å². The third-order valence-corrected chi connectivity index (χ3v) is 2.15. The van der Waals surface area contributed by atoms with Gasteiger partial charge in [-0.15, -0.1) is 0 Å². The molecule has 1 aromatic rings. The maximum Gasteiger partial charge on any atom is 0.147 e. The molecule has 2 nitrogen and oxygen atoms in total. The van der Waals surface area contributed by atoms with E-state index in [4.69, 9.17) is 11.6 Å². The van der Waals surface area contributed by atoms with E-state index >= 15 is 0 Å². The summed E-state index contributed by atoms with van der Waals surface area (Å²) in [6, 6.07) is 7.51. The molecule has 0 N–H and O–H groups in total. The number of hydrogen-bond donors (Lipinski definition) is 0. The van der Waals surface area contributed by atoms with Crippen LogP contribution in [0.25, 0.3) is 0 Å². The fourth-order valence-corrected chi connectivity index (χ4v) is 1.41. The predicted octanol–water partition coefficient (Wildman–Crippen LogP) is 2.53. The monoisotopic (exact) mass is 223 g/mol. The molecule has 0 aliphatic carbocycles. The molecule has 1 rings (SSSR count). The van der Waals surface area contributed by atoms with Crippen LogP contribution < -0.4 is 0 Å². The molecule has 80 valence electrons. The lowest BCUT2D eigenvalue weighted by atomic mass is 10.1. The van der Waals surface area contributed by atoms with Crippen LogP contribution in [0.15, 0.2) is 36.0 Å². The molecule has 0 radical (unpaired) electrons. The van der Waals surface area contributed by atoms with Gasteiger partial charge in [-0.2, -0.15) is 0 Å². The Hall–Kier alpha value is -1.28. The van der Waals surface area contributed by atoms with Crippen LogP contribution in [-0.4, -0.2) is 25.3 Å². The SMILES string of the molecule is CN(C)C=C(C=O)Cc1ccc(Cl)cc1. The van der Waals surface area contributed by atoms with E-state index in [2.05, 4.69) is 0 Å². The van der Waals surface area contributed by atoms with Gasteiger partial charge >= 0.3 is 0 Å². The Labute approximate surface area is 95.2 Å². The molecule has 0 fully saturated rings. The fourth-order valence-electron chi connectivity index (χ4n) is 1.29. The van der Waals surface area contributed by atoms with Crippen LogP contribution in [-0.2, 0) is 11.2 Å². The average molecular weight is 224 g/mol. The third-order valence-electron chi connectivity index (χ3n) is 1.90. The standard InChI is InChI=1S/C12H14ClNO/c1-14(2)8-11(9-15)7-10-3-5-12(13)6-4-10/h3-6,8-9H,7H2,1-2H3. The van der Waals surface area contributed by atoms with Crippen molar-refractivity contribution in [2.45, 2.75) is 6.42 Å². The first-order chi connectivity index (χ1) is 7.11. The summed E-state index contributed by atoms with van der Waals surface area (Å²) in [6.45, 7) is 0. The van der Waals surface area contributed by atoms with Crippen molar-refractivity contribution < 1.29 is 4.79 Å². The minimum atomic E-state index is 0.638. The van der Waals surface area contributed by atoms with Gasteiger partial charge < -0.3 is 4.90 Å². The van der Waals surface area contributed by atoms with Crippen LogP contribution in [0.5, 0.6) is 0 Å². The summed E-state index contributed by atoms with van der Waals surface area (Å²) in [5, 5.41) is 0.711. The van der Waals surface area contributed by atoms with Crippen molar-refractivity contribution in [1.82, 2.24) is 4.90 Å². The number of hydrogen-bond acceptors (Lipinski definition) is 2. The zero-order valence-corrected chi connectivity index (χ0v) is 9.66. The minimum absolute atomic E-state index is 0.638. The quantitative estimate of drug-likeness (QED) is 0.578. The molecule has 1 aromatic carbocycles. The van der Waals surface area contributed by atoms with Crippen molar-refractivity contribution in [3.63, 3.8) is 0 Å². The summed E-state index contributed by atoms with van der Waals surface area (Å²) in [5.74, 6) is 0. The topological polar surface area (TPSA) is 20.3 Å². The van der Waals surface area contributed by atoms with Crippen molar-refractivity contribution in [3.05, 3.63) is 46.6 Å². The van der Waals surface area contributed by atoms with Gasteiger partial charge in [-0.3, -0.25) is 4.79 Å².